The molecule has 6 heteroatoms. The largest absolute Gasteiger partial charge is 0.497 e. The summed E-state index contributed by atoms with van der Waals surface area (Å²) in [6.45, 7) is 3.85. The van der Waals surface area contributed by atoms with Crippen LogP contribution in [-0.2, 0) is 20.9 Å². The molecule has 2 aromatic carbocycles. The molecule has 0 amide bonds. The first-order valence-electron chi connectivity index (χ1n) is 10.5. The Kier molecular flexibility index (Phi) is 6.76. The van der Waals surface area contributed by atoms with Crippen LogP contribution >= 0.6 is 15.9 Å². The summed E-state index contributed by atoms with van der Waals surface area (Å²) in [5.74, 6) is 1.19. The zero-order valence-electron chi connectivity index (χ0n) is 17.4. The molecule has 0 N–H and O–H groups in total. The Morgan fingerprint density at radius 3 is 2.53 bits per heavy atom. The molecule has 4 rings (SSSR count). The van der Waals surface area contributed by atoms with Crippen LogP contribution in [0, 0.1) is 5.92 Å². The van der Waals surface area contributed by atoms with Crippen molar-refractivity contribution < 1.29 is 19.0 Å². The van der Waals surface area contributed by atoms with Gasteiger partial charge in [0.05, 0.1) is 20.3 Å². The van der Waals surface area contributed by atoms with Crippen molar-refractivity contribution >= 4 is 21.9 Å². The standard InChI is InChI=1S/C24H28BrNO4/c1-16-3-12-22-24(27)30-21(15-29-14-17-4-10-20(28-2)11-5-17)13-26(22)23(16)18-6-8-19(25)9-7-18/h4-11,16,21-23H,3,12-15H2,1-2H3/t16-,21-,22+,23-/m1/s1. The number of fused-ring (bicyclic) bond motifs is 1. The average molecular weight is 474 g/mol. The third kappa shape index (κ3) is 4.71. The van der Waals surface area contributed by atoms with E-state index in [1.807, 2.05) is 24.3 Å². The van der Waals surface area contributed by atoms with E-state index in [0.29, 0.717) is 25.7 Å². The fourth-order valence-electron chi connectivity index (χ4n) is 4.57. The Balaban J connectivity index is 1.41. The Labute approximate surface area is 186 Å². The fourth-order valence-corrected chi connectivity index (χ4v) is 4.84. The number of ether oxygens (including phenoxy) is 3. The van der Waals surface area contributed by atoms with Gasteiger partial charge in [-0.3, -0.25) is 9.69 Å². The van der Waals surface area contributed by atoms with Crippen molar-refractivity contribution in [1.29, 1.82) is 0 Å². The zero-order valence-corrected chi connectivity index (χ0v) is 19.0. The number of esters is 1. The Hall–Kier alpha value is -1.89. The van der Waals surface area contributed by atoms with E-state index in [2.05, 4.69) is 52.0 Å². The predicted octanol–water partition coefficient (Wildman–Crippen LogP) is 4.74. The molecule has 0 unspecified atom stereocenters. The van der Waals surface area contributed by atoms with E-state index < -0.39 is 0 Å². The van der Waals surface area contributed by atoms with Gasteiger partial charge in [0.2, 0.25) is 0 Å². The normalized spacial score (nSPS) is 26.7. The smallest absolute Gasteiger partial charge is 0.323 e. The number of methoxy groups -OCH3 is 1. The molecule has 0 spiro atoms. The number of benzene rings is 2. The molecular weight excluding hydrogens is 446 g/mol. The molecule has 30 heavy (non-hydrogen) atoms. The number of morpholine rings is 1. The Morgan fingerprint density at radius 2 is 1.83 bits per heavy atom. The van der Waals surface area contributed by atoms with Gasteiger partial charge in [-0.15, -0.1) is 0 Å². The van der Waals surface area contributed by atoms with Gasteiger partial charge in [-0.1, -0.05) is 47.1 Å². The van der Waals surface area contributed by atoms with E-state index in [0.717, 1.165) is 28.6 Å². The number of rotatable bonds is 6. The highest BCUT2D eigenvalue weighted by molar-refractivity contribution is 9.10. The molecule has 2 fully saturated rings. The minimum atomic E-state index is -0.254. The van der Waals surface area contributed by atoms with Crippen LogP contribution < -0.4 is 4.74 Å². The molecule has 2 aromatic rings. The third-order valence-corrected chi connectivity index (χ3v) is 6.63. The second-order valence-corrected chi connectivity index (χ2v) is 9.10. The molecule has 4 atom stereocenters. The first-order chi connectivity index (χ1) is 14.5. The van der Waals surface area contributed by atoms with Gasteiger partial charge in [-0.25, -0.2) is 0 Å². The van der Waals surface area contributed by atoms with Gasteiger partial charge in [-0.05, 0) is 54.2 Å². The summed E-state index contributed by atoms with van der Waals surface area (Å²) in [6, 6.07) is 16.3. The summed E-state index contributed by atoms with van der Waals surface area (Å²) >= 11 is 3.52. The molecule has 160 valence electrons. The third-order valence-electron chi connectivity index (χ3n) is 6.10. The van der Waals surface area contributed by atoms with Crippen molar-refractivity contribution in [2.24, 2.45) is 5.92 Å². The van der Waals surface area contributed by atoms with E-state index >= 15 is 0 Å². The number of carbonyl (C=O) groups excluding carboxylic acids is 1. The van der Waals surface area contributed by atoms with E-state index in [4.69, 9.17) is 14.2 Å². The molecule has 5 nitrogen and oxygen atoms in total. The minimum Gasteiger partial charge on any atom is -0.497 e. The van der Waals surface area contributed by atoms with Crippen molar-refractivity contribution in [3.63, 3.8) is 0 Å². The summed E-state index contributed by atoms with van der Waals surface area (Å²) in [5, 5.41) is 0. The van der Waals surface area contributed by atoms with Crippen molar-refractivity contribution in [2.45, 2.75) is 44.6 Å². The van der Waals surface area contributed by atoms with Crippen molar-refractivity contribution in [1.82, 2.24) is 4.90 Å². The van der Waals surface area contributed by atoms with Crippen LogP contribution in [0.4, 0.5) is 0 Å². The topological polar surface area (TPSA) is 48.0 Å². The molecule has 2 heterocycles. The Bertz CT molecular complexity index is 855. The molecule has 0 aromatic heterocycles. The second kappa shape index (κ2) is 9.50. The highest BCUT2D eigenvalue weighted by Gasteiger charge is 2.45. The zero-order chi connectivity index (χ0) is 21.1. The summed E-state index contributed by atoms with van der Waals surface area (Å²) < 4.78 is 17.9. The molecule has 2 aliphatic heterocycles. The average Bonchev–Trinajstić information content (AvgIpc) is 2.75. The SMILES string of the molecule is COc1ccc(COC[C@H]2CN3[C@@H](CC[C@@H](C)[C@@H]3c3ccc(Br)cc3)C(=O)O2)cc1. The molecule has 0 bridgehead atoms. The number of hydrogen-bond acceptors (Lipinski definition) is 5. The van der Waals surface area contributed by atoms with Gasteiger partial charge in [-0.2, -0.15) is 0 Å². The van der Waals surface area contributed by atoms with Crippen molar-refractivity contribution in [2.75, 3.05) is 20.3 Å². The van der Waals surface area contributed by atoms with Gasteiger partial charge >= 0.3 is 5.97 Å². The maximum Gasteiger partial charge on any atom is 0.323 e. The molecule has 2 saturated heterocycles. The van der Waals surface area contributed by atoms with Crippen molar-refractivity contribution in [3.05, 3.63) is 64.1 Å². The number of nitrogens with zero attached hydrogens (tertiary/aromatic N) is 1. The predicted molar refractivity (Wildman–Crippen MR) is 118 cm³/mol. The number of halogens is 1. The van der Waals surface area contributed by atoms with Crippen LogP contribution in [0.3, 0.4) is 0 Å². The first-order valence-corrected chi connectivity index (χ1v) is 11.3. The van der Waals surface area contributed by atoms with E-state index in [1.165, 1.54) is 5.56 Å². The monoisotopic (exact) mass is 473 g/mol. The summed E-state index contributed by atoms with van der Waals surface area (Å²) in [7, 11) is 1.65. The van der Waals surface area contributed by atoms with Crippen LogP contribution in [-0.4, -0.2) is 43.3 Å². The highest BCUT2D eigenvalue weighted by Crippen LogP contribution is 2.41. The lowest BCUT2D eigenvalue weighted by Crippen LogP contribution is -2.58. The van der Waals surface area contributed by atoms with Gasteiger partial charge in [0.25, 0.3) is 0 Å². The summed E-state index contributed by atoms with van der Waals surface area (Å²) in [6.07, 6.45) is 1.62. The van der Waals surface area contributed by atoms with E-state index in [-0.39, 0.29) is 24.2 Å². The van der Waals surface area contributed by atoms with E-state index in [9.17, 15) is 4.79 Å². The van der Waals surface area contributed by atoms with E-state index in [1.54, 1.807) is 7.11 Å². The summed E-state index contributed by atoms with van der Waals surface area (Å²) in [5.41, 5.74) is 2.32. The summed E-state index contributed by atoms with van der Waals surface area (Å²) in [4.78, 5) is 15.1. The number of piperidine rings is 1. The second-order valence-electron chi connectivity index (χ2n) is 8.19. The lowest BCUT2D eigenvalue weighted by Gasteiger charge is -2.48. The number of carbonyl (C=O) groups is 1. The Morgan fingerprint density at radius 1 is 1.10 bits per heavy atom. The van der Waals surface area contributed by atoms with Crippen LogP contribution in [0.25, 0.3) is 0 Å². The van der Waals surface area contributed by atoms with Crippen LogP contribution in [0.5, 0.6) is 5.75 Å². The van der Waals surface area contributed by atoms with Crippen LogP contribution in [0.2, 0.25) is 0 Å². The fraction of sp³-hybridized carbons (Fsp3) is 0.458. The van der Waals surface area contributed by atoms with Gasteiger partial charge in [0, 0.05) is 17.1 Å². The molecule has 0 aliphatic carbocycles. The van der Waals surface area contributed by atoms with Crippen LogP contribution in [0.15, 0.2) is 53.0 Å². The van der Waals surface area contributed by atoms with Gasteiger partial charge in [0.1, 0.15) is 17.9 Å². The van der Waals surface area contributed by atoms with Crippen molar-refractivity contribution in [3.8, 4) is 5.75 Å². The van der Waals surface area contributed by atoms with Gasteiger partial charge in [0.15, 0.2) is 0 Å². The number of hydrogen-bond donors (Lipinski definition) is 0. The molecular formula is C24H28BrNO4. The number of cyclic esters (lactones) is 1. The lowest BCUT2D eigenvalue weighted by molar-refractivity contribution is -0.179. The molecule has 0 saturated carbocycles. The quantitative estimate of drug-likeness (QED) is 0.566. The minimum absolute atomic E-state index is 0.117. The van der Waals surface area contributed by atoms with Crippen LogP contribution in [0.1, 0.15) is 36.9 Å². The maximum absolute atomic E-state index is 12.7. The molecule has 2 aliphatic rings. The lowest BCUT2D eigenvalue weighted by atomic mass is 9.82. The molecule has 0 radical (unpaired) electrons. The maximum atomic E-state index is 12.7. The highest BCUT2D eigenvalue weighted by atomic mass is 79.9. The van der Waals surface area contributed by atoms with Gasteiger partial charge < -0.3 is 14.2 Å². The first kappa shape index (κ1) is 21.3.